The van der Waals surface area contributed by atoms with Crippen molar-refractivity contribution in [1.82, 2.24) is 14.5 Å². The second-order valence-electron chi connectivity index (χ2n) is 6.93. The van der Waals surface area contributed by atoms with Gasteiger partial charge < -0.3 is 4.57 Å². The molecule has 0 saturated carbocycles. The molecule has 0 amide bonds. The molecule has 2 heterocycles. The average Bonchev–Trinajstić information content (AvgIpc) is 3.11. The third kappa shape index (κ3) is 3.54. The Labute approximate surface area is 174 Å². The number of hydrogen-bond acceptors (Lipinski definition) is 3. The Morgan fingerprint density at radius 3 is 2.61 bits per heavy atom. The standard InChI is InChI=1S/C23H22ClN3S/c1-4-16(3)28-23-21-19(17-8-6-5-7-9-17)13-27(22(21)25-14-26-23)18-11-10-15(2)20(24)12-18/h5-14,16H,4H2,1-3H3/t16-/m1/s1. The van der Waals surface area contributed by atoms with Gasteiger partial charge in [-0.05, 0) is 36.6 Å². The molecule has 0 aliphatic rings. The first-order chi connectivity index (χ1) is 13.6. The first-order valence-corrected chi connectivity index (χ1v) is 10.7. The summed E-state index contributed by atoms with van der Waals surface area (Å²) in [5.74, 6) is 0. The van der Waals surface area contributed by atoms with E-state index in [9.17, 15) is 0 Å². The van der Waals surface area contributed by atoms with Crippen LogP contribution in [0.5, 0.6) is 0 Å². The number of benzene rings is 2. The lowest BCUT2D eigenvalue weighted by atomic mass is 10.1. The largest absolute Gasteiger partial charge is 0.301 e. The van der Waals surface area contributed by atoms with Crippen LogP contribution >= 0.6 is 23.4 Å². The van der Waals surface area contributed by atoms with Gasteiger partial charge in [-0.2, -0.15) is 0 Å². The lowest BCUT2D eigenvalue weighted by Crippen LogP contribution is -1.97. The van der Waals surface area contributed by atoms with Crippen LogP contribution in [0.15, 0.2) is 66.1 Å². The molecule has 2 aromatic heterocycles. The second-order valence-corrected chi connectivity index (χ2v) is 8.76. The Morgan fingerprint density at radius 1 is 1.11 bits per heavy atom. The number of rotatable bonds is 5. The van der Waals surface area contributed by atoms with E-state index in [0.29, 0.717) is 5.25 Å². The maximum atomic E-state index is 6.41. The molecule has 4 rings (SSSR count). The maximum absolute atomic E-state index is 6.41. The Balaban J connectivity index is 1.99. The molecule has 0 N–H and O–H groups in total. The van der Waals surface area contributed by atoms with Gasteiger partial charge in [-0.15, -0.1) is 11.8 Å². The van der Waals surface area contributed by atoms with Crippen LogP contribution in [0.4, 0.5) is 0 Å². The average molecular weight is 408 g/mol. The van der Waals surface area contributed by atoms with Crippen LogP contribution in [0.2, 0.25) is 5.02 Å². The number of aryl methyl sites for hydroxylation is 1. The molecule has 142 valence electrons. The van der Waals surface area contributed by atoms with Crippen molar-refractivity contribution in [2.45, 2.75) is 37.5 Å². The van der Waals surface area contributed by atoms with Gasteiger partial charge in [0.2, 0.25) is 0 Å². The molecule has 1 atom stereocenters. The zero-order valence-corrected chi connectivity index (χ0v) is 17.8. The molecule has 0 spiro atoms. The van der Waals surface area contributed by atoms with Gasteiger partial charge in [-0.1, -0.05) is 61.8 Å². The molecule has 0 aliphatic carbocycles. The summed E-state index contributed by atoms with van der Waals surface area (Å²) in [5.41, 5.74) is 5.26. The van der Waals surface area contributed by atoms with E-state index in [1.165, 1.54) is 0 Å². The SMILES string of the molecule is CC[C@@H](C)Sc1ncnc2c1c(-c1ccccc1)cn2-c1ccc(C)c(Cl)c1. The highest BCUT2D eigenvalue weighted by Gasteiger charge is 2.19. The van der Waals surface area contributed by atoms with E-state index >= 15 is 0 Å². The van der Waals surface area contributed by atoms with E-state index in [1.807, 2.05) is 25.1 Å². The van der Waals surface area contributed by atoms with Gasteiger partial charge in [0.05, 0.1) is 5.39 Å². The van der Waals surface area contributed by atoms with Gasteiger partial charge in [0.1, 0.15) is 17.0 Å². The van der Waals surface area contributed by atoms with E-state index in [2.05, 4.69) is 64.9 Å². The third-order valence-corrected chi connectivity index (χ3v) is 6.63. The molecule has 2 aromatic carbocycles. The molecule has 0 saturated heterocycles. The van der Waals surface area contributed by atoms with E-state index in [4.69, 9.17) is 11.6 Å². The molecular weight excluding hydrogens is 386 g/mol. The number of thioether (sulfide) groups is 1. The van der Waals surface area contributed by atoms with Crippen molar-refractivity contribution in [3.63, 3.8) is 0 Å². The van der Waals surface area contributed by atoms with E-state index in [1.54, 1.807) is 18.1 Å². The van der Waals surface area contributed by atoms with Gasteiger partial charge in [-0.25, -0.2) is 9.97 Å². The quantitative estimate of drug-likeness (QED) is 0.265. The van der Waals surface area contributed by atoms with Crippen molar-refractivity contribution in [3.05, 3.63) is 71.6 Å². The fraction of sp³-hybridized carbons (Fsp3) is 0.217. The monoisotopic (exact) mass is 407 g/mol. The summed E-state index contributed by atoms with van der Waals surface area (Å²) in [4.78, 5) is 9.28. The molecule has 5 heteroatoms. The fourth-order valence-corrected chi connectivity index (χ4v) is 4.31. The highest BCUT2D eigenvalue weighted by atomic mass is 35.5. The molecule has 0 fully saturated rings. The molecule has 3 nitrogen and oxygen atoms in total. The summed E-state index contributed by atoms with van der Waals surface area (Å²) >= 11 is 8.21. The van der Waals surface area contributed by atoms with E-state index in [0.717, 1.165) is 49.9 Å². The third-order valence-electron chi connectivity index (χ3n) is 4.95. The lowest BCUT2D eigenvalue weighted by Gasteiger charge is -2.10. The normalized spacial score (nSPS) is 12.4. The second kappa shape index (κ2) is 7.98. The van der Waals surface area contributed by atoms with Gasteiger partial charge in [-0.3, -0.25) is 0 Å². The van der Waals surface area contributed by atoms with Crippen LogP contribution in [-0.4, -0.2) is 19.8 Å². The summed E-state index contributed by atoms with van der Waals surface area (Å²) in [6.45, 7) is 6.45. The molecular formula is C23H22ClN3S. The van der Waals surface area contributed by atoms with Crippen molar-refractivity contribution < 1.29 is 0 Å². The molecule has 0 unspecified atom stereocenters. The van der Waals surface area contributed by atoms with Crippen LogP contribution in [0, 0.1) is 6.92 Å². The minimum absolute atomic E-state index is 0.485. The topological polar surface area (TPSA) is 30.7 Å². The number of hydrogen-bond donors (Lipinski definition) is 0. The van der Waals surface area contributed by atoms with Gasteiger partial charge in [0.25, 0.3) is 0 Å². The van der Waals surface area contributed by atoms with Crippen LogP contribution in [0.1, 0.15) is 25.8 Å². The Hall–Kier alpha value is -2.30. The summed E-state index contributed by atoms with van der Waals surface area (Å²) < 4.78 is 2.12. The van der Waals surface area contributed by atoms with Crippen molar-refractivity contribution in [2.75, 3.05) is 0 Å². The van der Waals surface area contributed by atoms with Crippen LogP contribution < -0.4 is 0 Å². The van der Waals surface area contributed by atoms with Crippen LogP contribution in [0.25, 0.3) is 27.8 Å². The zero-order valence-electron chi connectivity index (χ0n) is 16.2. The predicted molar refractivity (Wildman–Crippen MR) is 120 cm³/mol. The summed E-state index contributed by atoms with van der Waals surface area (Å²) in [6, 6.07) is 16.5. The lowest BCUT2D eigenvalue weighted by molar-refractivity contribution is 0.901. The highest BCUT2D eigenvalue weighted by Crippen LogP contribution is 2.38. The first kappa shape index (κ1) is 19.0. The van der Waals surface area contributed by atoms with E-state index < -0.39 is 0 Å². The Morgan fingerprint density at radius 2 is 1.89 bits per heavy atom. The molecule has 28 heavy (non-hydrogen) atoms. The summed E-state index contributed by atoms with van der Waals surface area (Å²) in [5, 5.41) is 3.36. The maximum Gasteiger partial charge on any atom is 0.149 e. The summed E-state index contributed by atoms with van der Waals surface area (Å²) in [6.07, 6.45) is 4.90. The van der Waals surface area contributed by atoms with Gasteiger partial charge in [0.15, 0.2) is 0 Å². The minimum atomic E-state index is 0.485. The minimum Gasteiger partial charge on any atom is -0.301 e. The van der Waals surface area contributed by atoms with Crippen molar-refractivity contribution in [3.8, 4) is 16.8 Å². The van der Waals surface area contributed by atoms with Crippen molar-refractivity contribution in [2.24, 2.45) is 0 Å². The predicted octanol–water partition coefficient (Wildman–Crippen LogP) is 6.94. The number of halogens is 1. The zero-order chi connectivity index (χ0) is 19.7. The Bertz CT molecular complexity index is 1120. The molecule has 4 aromatic rings. The smallest absolute Gasteiger partial charge is 0.149 e. The summed E-state index contributed by atoms with van der Waals surface area (Å²) in [7, 11) is 0. The van der Waals surface area contributed by atoms with Crippen molar-refractivity contribution >= 4 is 34.4 Å². The van der Waals surface area contributed by atoms with E-state index in [-0.39, 0.29) is 0 Å². The first-order valence-electron chi connectivity index (χ1n) is 9.43. The Kier molecular flexibility index (Phi) is 5.42. The highest BCUT2D eigenvalue weighted by molar-refractivity contribution is 8.00. The van der Waals surface area contributed by atoms with Gasteiger partial charge >= 0.3 is 0 Å². The molecule has 0 bridgehead atoms. The van der Waals surface area contributed by atoms with Gasteiger partial charge in [0, 0.05) is 27.7 Å². The van der Waals surface area contributed by atoms with Crippen LogP contribution in [-0.2, 0) is 0 Å². The number of aromatic nitrogens is 3. The fourth-order valence-electron chi connectivity index (χ4n) is 3.16. The molecule has 0 aliphatic heterocycles. The number of nitrogens with zero attached hydrogens (tertiary/aromatic N) is 3. The van der Waals surface area contributed by atoms with Crippen molar-refractivity contribution in [1.29, 1.82) is 0 Å². The molecule has 0 radical (unpaired) electrons. The number of fused-ring (bicyclic) bond motifs is 1. The van der Waals surface area contributed by atoms with Crippen LogP contribution in [0.3, 0.4) is 0 Å².